The van der Waals surface area contributed by atoms with E-state index in [0.29, 0.717) is 18.3 Å². The Bertz CT molecular complexity index is 163. The molecule has 0 bridgehead atoms. The first-order chi connectivity index (χ1) is 5.66. The fourth-order valence-electron chi connectivity index (χ4n) is 0.498. The molecule has 0 aliphatic heterocycles. The van der Waals surface area contributed by atoms with Crippen LogP contribution in [0.4, 0.5) is 0 Å². The molecular formula is C6H13N3O2S. The van der Waals surface area contributed by atoms with E-state index in [1.807, 2.05) is 0 Å². The number of thiocarbonyl (C=S) groups is 1. The molecule has 12 heavy (non-hydrogen) atoms. The van der Waals surface area contributed by atoms with Crippen LogP contribution in [-0.4, -0.2) is 37.8 Å². The Morgan fingerprint density at radius 3 is 2.83 bits per heavy atom. The van der Waals surface area contributed by atoms with Crippen LogP contribution in [0.1, 0.15) is 0 Å². The molecule has 0 saturated carbocycles. The van der Waals surface area contributed by atoms with Gasteiger partial charge in [0.1, 0.15) is 6.61 Å². The molecule has 0 atom stereocenters. The van der Waals surface area contributed by atoms with Crippen molar-refractivity contribution in [1.82, 2.24) is 10.6 Å². The molecule has 70 valence electrons. The molecule has 0 aromatic rings. The maximum Gasteiger partial charge on any atom is 0.243 e. The van der Waals surface area contributed by atoms with E-state index in [-0.39, 0.29) is 6.61 Å². The number of amides is 1. The Morgan fingerprint density at radius 2 is 2.33 bits per heavy atom. The average molecular weight is 191 g/mol. The molecule has 0 rings (SSSR count). The monoisotopic (exact) mass is 191 g/mol. The molecule has 0 aromatic carbocycles. The third kappa shape index (κ3) is 7.23. The van der Waals surface area contributed by atoms with Gasteiger partial charge in [-0.2, -0.15) is 0 Å². The van der Waals surface area contributed by atoms with Gasteiger partial charge >= 0.3 is 0 Å². The van der Waals surface area contributed by atoms with E-state index >= 15 is 0 Å². The van der Waals surface area contributed by atoms with Crippen LogP contribution in [-0.2, 0) is 9.53 Å². The SMILES string of the molecule is CNC(=S)NCCOCC(N)=O. The zero-order valence-corrected chi connectivity index (χ0v) is 7.74. The van der Waals surface area contributed by atoms with Crippen molar-refractivity contribution in [3.63, 3.8) is 0 Å². The van der Waals surface area contributed by atoms with Crippen LogP contribution in [0.2, 0.25) is 0 Å². The number of carbonyl (C=O) groups excluding carboxylic acids is 1. The van der Waals surface area contributed by atoms with Gasteiger partial charge < -0.3 is 21.1 Å². The number of hydrogen-bond donors (Lipinski definition) is 3. The van der Waals surface area contributed by atoms with Gasteiger partial charge in [0.25, 0.3) is 0 Å². The van der Waals surface area contributed by atoms with E-state index in [1.54, 1.807) is 7.05 Å². The summed E-state index contributed by atoms with van der Waals surface area (Å²) in [4.78, 5) is 10.2. The summed E-state index contributed by atoms with van der Waals surface area (Å²) in [7, 11) is 1.72. The Hall–Kier alpha value is -0.880. The molecule has 0 aliphatic carbocycles. The first kappa shape index (κ1) is 11.1. The first-order valence-corrected chi connectivity index (χ1v) is 3.89. The van der Waals surface area contributed by atoms with E-state index in [9.17, 15) is 4.79 Å². The predicted octanol–water partition coefficient (Wildman–Crippen LogP) is -1.42. The maximum atomic E-state index is 10.2. The van der Waals surface area contributed by atoms with Gasteiger partial charge in [-0.1, -0.05) is 0 Å². The topological polar surface area (TPSA) is 76.4 Å². The number of nitrogens with one attached hydrogen (secondary N) is 2. The molecule has 0 saturated heterocycles. The minimum Gasteiger partial charge on any atom is -0.370 e. The normalized spacial score (nSPS) is 9.08. The number of ether oxygens (including phenoxy) is 1. The molecule has 0 aliphatic rings. The van der Waals surface area contributed by atoms with Crippen LogP contribution in [0.3, 0.4) is 0 Å². The largest absolute Gasteiger partial charge is 0.370 e. The molecule has 5 nitrogen and oxygen atoms in total. The van der Waals surface area contributed by atoms with Crippen LogP contribution in [0.15, 0.2) is 0 Å². The second-order valence-corrected chi connectivity index (χ2v) is 2.43. The van der Waals surface area contributed by atoms with Gasteiger partial charge in [-0.05, 0) is 12.2 Å². The van der Waals surface area contributed by atoms with Crippen molar-refractivity contribution in [2.45, 2.75) is 0 Å². The van der Waals surface area contributed by atoms with Crippen LogP contribution in [0.25, 0.3) is 0 Å². The summed E-state index contributed by atoms with van der Waals surface area (Å²) in [5.74, 6) is -0.466. The second kappa shape index (κ2) is 6.81. The molecular weight excluding hydrogens is 178 g/mol. The van der Waals surface area contributed by atoms with Crippen LogP contribution in [0.5, 0.6) is 0 Å². The molecule has 0 fully saturated rings. The molecule has 0 radical (unpaired) electrons. The number of rotatable bonds is 5. The highest BCUT2D eigenvalue weighted by atomic mass is 32.1. The van der Waals surface area contributed by atoms with Crippen molar-refractivity contribution in [2.24, 2.45) is 5.73 Å². The highest BCUT2D eigenvalue weighted by Gasteiger charge is 1.93. The Balaban J connectivity index is 3.11. The van der Waals surface area contributed by atoms with Crippen molar-refractivity contribution < 1.29 is 9.53 Å². The summed E-state index contributed by atoms with van der Waals surface area (Å²) in [6.07, 6.45) is 0. The third-order valence-corrected chi connectivity index (χ3v) is 1.35. The lowest BCUT2D eigenvalue weighted by Gasteiger charge is -2.06. The van der Waals surface area contributed by atoms with Gasteiger partial charge in [0, 0.05) is 13.6 Å². The van der Waals surface area contributed by atoms with Gasteiger partial charge in [0.2, 0.25) is 5.91 Å². The standard InChI is InChI=1S/C6H13N3O2S/c1-8-6(12)9-2-3-11-4-5(7)10/h2-4H2,1H3,(H2,7,10)(H2,8,9,12). The molecule has 0 heterocycles. The van der Waals surface area contributed by atoms with Gasteiger partial charge in [0.05, 0.1) is 6.61 Å². The van der Waals surface area contributed by atoms with Crippen molar-refractivity contribution in [2.75, 3.05) is 26.8 Å². The van der Waals surface area contributed by atoms with E-state index in [0.717, 1.165) is 0 Å². The molecule has 4 N–H and O–H groups in total. The number of hydrogen-bond acceptors (Lipinski definition) is 3. The zero-order valence-electron chi connectivity index (χ0n) is 6.92. The Labute approximate surface area is 76.6 Å². The third-order valence-electron chi connectivity index (χ3n) is 1.00. The van der Waals surface area contributed by atoms with Gasteiger partial charge in [-0.3, -0.25) is 4.79 Å². The van der Waals surface area contributed by atoms with Gasteiger partial charge in [-0.15, -0.1) is 0 Å². The van der Waals surface area contributed by atoms with Crippen molar-refractivity contribution in [1.29, 1.82) is 0 Å². The molecule has 0 aromatic heterocycles. The fraction of sp³-hybridized carbons (Fsp3) is 0.667. The summed E-state index contributed by atoms with van der Waals surface area (Å²) in [6.45, 7) is 0.922. The van der Waals surface area contributed by atoms with Crippen LogP contribution in [0, 0.1) is 0 Å². The average Bonchev–Trinajstić information content (AvgIpc) is 2.03. The van der Waals surface area contributed by atoms with E-state index in [1.165, 1.54) is 0 Å². The molecule has 1 amide bonds. The smallest absolute Gasteiger partial charge is 0.243 e. The lowest BCUT2D eigenvalue weighted by Crippen LogP contribution is -2.35. The maximum absolute atomic E-state index is 10.2. The quantitative estimate of drug-likeness (QED) is 0.367. The Morgan fingerprint density at radius 1 is 1.67 bits per heavy atom. The molecule has 0 spiro atoms. The summed E-state index contributed by atoms with van der Waals surface area (Å²) in [6, 6.07) is 0. The molecule has 0 unspecified atom stereocenters. The summed E-state index contributed by atoms with van der Waals surface area (Å²) in [5, 5.41) is 6.14. The number of primary amides is 1. The zero-order chi connectivity index (χ0) is 9.40. The van der Waals surface area contributed by atoms with Gasteiger partial charge in [0.15, 0.2) is 5.11 Å². The van der Waals surface area contributed by atoms with Crippen LogP contribution < -0.4 is 16.4 Å². The van der Waals surface area contributed by atoms with E-state index < -0.39 is 5.91 Å². The van der Waals surface area contributed by atoms with Crippen molar-refractivity contribution in [3.8, 4) is 0 Å². The number of carbonyl (C=O) groups is 1. The minimum atomic E-state index is -0.466. The van der Waals surface area contributed by atoms with E-state index in [2.05, 4.69) is 10.6 Å². The predicted molar refractivity (Wildman–Crippen MR) is 49.7 cm³/mol. The van der Waals surface area contributed by atoms with Crippen LogP contribution >= 0.6 is 12.2 Å². The van der Waals surface area contributed by atoms with E-state index in [4.69, 9.17) is 22.7 Å². The summed E-state index contributed by atoms with van der Waals surface area (Å²) < 4.78 is 4.87. The summed E-state index contributed by atoms with van der Waals surface area (Å²) in [5.41, 5.74) is 4.84. The fourth-order valence-corrected chi connectivity index (χ4v) is 0.600. The molecule has 6 heteroatoms. The van der Waals surface area contributed by atoms with Gasteiger partial charge in [-0.25, -0.2) is 0 Å². The lowest BCUT2D eigenvalue weighted by atomic mass is 10.6. The van der Waals surface area contributed by atoms with Crippen molar-refractivity contribution >= 4 is 23.2 Å². The highest BCUT2D eigenvalue weighted by Crippen LogP contribution is 1.72. The highest BCUT2D eigenvalue weighted by molar-refractivity contribution is 7.80. The Kier molecular flexibility index (Phi) is 6.31. The lowest BCUT2D eigenvalue weighted by molar-refractivity contribution is -0.122. The first-order valence-electron chi connectivity index (χ1n) is 3.48. The number of nitrogens with two attached hydrogens (primary N) is 1. The summed E-state index contributed by atoms with van der Waals surface area (Å²) >= 11 is 4.79. The minimum absolute atomic E-state index is 0.0476. The van der Waals surface area contributed by atoms with Crippen molar-refractivity contribution in [3.05, 3.63) is 0 Å². The second-order valence-electron chi connectivity index (χ2n) is 2.02.